The molecule has 184 valence electrons. The maximum atomic E-state index is 13.1. The summed E-state index contributed by atoms with van der Waals surface area (Å²) in [6.45, 7) is 4.73. The molecule has 0 bridgehead atoms. The molecule has 0 spiro atoms. The number of hydrogen-bond acceptors (Lipinski definition) is 6. The van der Waals surface area contributed by atoms with Crippen LogP contribution in [0.1, 0.15) is 22.8 Å². The van der Waals surface area contributed by atoms with Crippen molar-refractivity contribution in [3.63, 3.8) is 0 Å². The predicted molar refractivity (Wildman–Crippen MR) is 144 cm³/mol. The second-order valence-corrected chi connectivity index (χ2v) is 9.46. The van der Waals surface area contributed by atoms with Gasteiger partial charge in [0.1, 0.15) is 5.75 Å². The van der Waals surface area contributed by atoms with E-state index in [4.69, 9.17) is 14.5 Å². The number of morpholine rings is 1. The average Bonchev–Trinajstić information content (AvgIpc) is 3.18. The predicted octanol–water partition coefficient (Wildman–Crippen LogP) is 4.94. The molecule has 0 atom stereocenters. The van der Waals surface area contributed by atoms with Crippen LogP contribution in [0, 0.1) is 0 Å². The number of carbonyl (C=O) groups excluding carboxylic acids is 2. The molecule has 3 aromatic rings. The molecule has 8 heteroatoms. The maximum Gasteiger partial charge on any atom is 0.266 e. The van der Waals surface area contributed by atoms with Crippen molar-refractivity contribution >= 4 is 51.3 Å². The van der Waals surface area contributed by atoms with E-state index >= 15 is 0 Å². The summed E-state index contributed by atoms with van der Waals surface area (Å²) in [5.41, 5.74) is 2.07. The van der Waals surface area contributed by atoms with Crippen molar-refractivity contribution in [1.29, 1.82) is 0 Å². The van der Waals surface area contributed by atoms with Gasteiger partial charge < -0.3 is 14.4 Å². The van der Waals surface area contributed by atoms with E-state index < -0.39 is 0 Å². The number of nitrogens with zero attached hydrogens (tertiary/aromatic N) is 3. The molecule has 0 radical (unpaired) electrons. The molecule has 0 saturated carbocycles. The molecule has 7 nitrogen and oxygen atoms in total. The minimum Gasteiger partial charge on any atom is -0.493 e. The number of carbonyl (C=O) groups is 2. The van der Waals surface area contributed by atoms with Crippen LogP contribution in [0.2, 0.25) is 0 Å². The third kappa shape index (κ3) is 4.87. The zero-order valence-corrected chi connectivity index (χ0v) is 21.1. The van der Waals surface area contributed by atoms with Gasteiger partial charge in [-0.1, -0.05) is 36.4 Å². The lowest BCUT2D eigenvalue weighted by molar-refractivity contribution is -0.121. The molecule has 5 rings (SSSR count). The van der Waals surface area contributed by atoms with E-state index in [1.165, 1.54) is 11.8 Å². The molecular weight excluding hydrogens is 474 g/mol. The van der Waals surface area contributed by atoms with Gasteiger partial charge in [-0.15, -0.1) is 0 Å². The number of ether oxygens (including phenoxy) is 2. The zero-order valence-electron chi connectivity index (χ0n) is 20.3. The van der Waals surface area contributed by atoms with Crippen LogP contribution in [0.5, 0.6) is 5.75 Å². The summed E-state index contributed by atoms with van der Waals surface area (Å²) < 4.78 is 11.2. The number of likely N-dealkylation sites (N-methyl/N-ethyl adjacent to an activating group) is 1. The van der Waals surface area contributed by atoms with Crippen molar-refractivity contribution in [1.82, 2.24) is 9.80 Å². The van der Waals surface area contributed by atoms with Crippen LogP contribution in [0.25, 0.3) is 16.8 Å². The number of amides is 2. The normalized spacial score (nSPS) is 18.4. The molecule has 2 heterocycles. The van der Waals surface area contributed by atoms with Crippen LogP contribution < -0.4 is 4.74 Å². The highest BCUT2D eigenvalue weighted by molar-refractivity contribution is 8.18. The first kappa shape index (κ1) is 24.1. The highest BCUT2D eigenvalue weighted by Gasteiger charge is 2.31. The summed E-state index contributed by atoms with van der Waals surface area (Å²) in [5, 5.41) is 2.65. The van der Waals surface area contributed by atoms with Crippen molar-refractivity contribution in [2.24, 2.45) is 4.99 Å². The number of thioether (sulfide) groups is 1. The van der Waals surface area contributed by atoms with Gasteiger partial charge in [0, 0.05) is 31.3 Å². The molecular formula is C28H27N3O4S. The second kappa shape index (κ2) is 10.6. The van der Waals surface area contributed by atoms with Crippen molar-refractivity contribution < 1.29 is 19.1 Å². The Labute approximate surface area is 214 Å². The molecule has 2 aliphatic heterocycles. The third-order valence-electron chi connectivity index (χ3n) is 6.13. The number of aliphatic imine (C=N–C) groups is 1. The van der Waals surface area contributed by atoms with Gasteiger partial charge in [-0.2, -0.15) is 0 Å². The summed E-state index contributed by atoms with van der Waals surface area (Å²) in [4.78, 5) is 34.6. The fourth-order valence-corrected chi connectivity index (χ4v) is 5.23. The first-order valence-electron chi connectivity index (χ1n) is 11.9. The van der Waals surface area contributed by atoms with E-state index in [1.54, 1.807) is 29.0 Å². The fourth-order valence-electron chi connectivity index (χ4n) is 4.26. The highest BCUT2D eigenvalue weighted by atomic mass is 32.2. The lowest BCUT2D eigenvalue weighted by atomic mass is 10.0. The van der Waals surface area contributed by atoms with Crippen LogP contribution >= 0.6 is 11.8 Å². The molecule has 0 aliphatic carbocycles. The molecule has 2 aliphatic rings. The molecule has 0 aromatic heterocycles. The Kier molecular flexibility index (Phi) is 7.06. The zero-order chi connectivity index (χ0) is 25.1. The summed E-state index contributed by atoms with van der Waals surface area (Å²) in [6, 6.07) is 19.2. The Morgan fingerprint density at radius 1 is 1.11 bits per heavy atom. The SMILES string of the molecule is CCOc1ccc2ccccc2c1/C=C1/SC(=Nc2cccc(C(=O)N3CCOCC3)c2)N(C)C1=O. The van der Waals surface area contributed by atoms with Crippen LogP contribution in [0.4, 0.5) is 5.69 Å². The van der Waals surface area contributed by atoms with Gasteiger partial charge in [-0.3, -0.25) is 14.5 Å². The Morgan fingerprint density at radius 2 is 1.92 bits per heavy atom. The van der Waals surface area contributed by atoms with Crippen molar-refractivity contribution in [2.75, 3.05) is 40.0 Å². The lowest BCUT2D eigenvalue weighted by Crippen LogP contribution is -2.40. The summed E-state index contributed by atoms with van der Waals surface area (Å²) in [7, 11) is 1.71. The molecule has 0 unspecified atom stereocenters. The summed E-state index contributed by atoms with van der Waals surface area (Å²) >= 11 is 1.31. The van der Waals surface area contributed by atoms with Gasteiger partial charge in [0.15, 0.2) is 5.17 Å². The van der Waals surface area contributed by atoms with E-state index in [2.05, 4.69) is 0 Å². The summed E-state index contributed by atoms with van der Waals surface area (Å²) in [6.07, 6.45) is 1.89. The first-order valence-corrected chi connectivity index (χ1v) is 12.7. The molecule has 2 saturated heterocycles. The van der Waals surface area contributed by atoms with Gasteiger partial charge >= 0.3 is 0 Å². The van der Waals surface area contributed by atoms with Gasteiger partial charge in [0.25, 0.3) is 11.8 Å². The smallest absolute Gasteiger partial charge is 0.266 e. The average molecular weight is 502 g/mol. The second-order valence-electron chi connectivity index (χ2n) is 8.46. The quantitative estimate of drug-likeness (QED) is 0.463. The lowest BCUT2D eigenvalue weighted by Gasteiger charge is -2.26. The minimum absolute atomic E-state index is 0.0381. The van der Waals surface area contributed by atoms with Crippen LogP contribution in [-0.2, 0) is 9.53 Å². The van der Waals surface area contributed by atoms with Crippen molar-refractivity contribution in [3.05, 3.63) is 76.7 Å². The van der Waals surface area contributed by atoms with Gasteiger partial charge in [0.05, 0.1) is 30.4 Å². The third-order valence-corrected chi connectivity index (χ3v) is 7.19. The van der Waals surface area contributed by atoms with Gasteiger partial charge in [-0.05, 0) is 59.8 Å². The number of hydrogen-bond donors (Lipinski definition) is 0. The number of amidine groups is 1. The van der Waals surface area contributed by atoms with Gasteiger partial charge in [-0.25, -0.2) is 4.99 Å². The highest BCUT2D eigenvalue weighted by Crippen LogP contribution is 2.37. The number of benzene rings is 3. The Balaban J connectivity index is 1.45. The Hall–Kier alpha value is -3.62. The maximum absolute atomic E-state index is 13.1. The molecule has 0 N–H and O–H groups in total. The van der Waals surface area contributed by atoms with Crippen molar-refractivity contribution in [2.45, 2.75) is 6.92 Å². The van der Waals surface area contributed by atoms with E-state index in [9.17, 15) is 9.59 Å². The Morgan fingerprint density at radius 3 is 2.72 bits per heavy atom. The van der Waals surface area contributed by atoms with E-state index in [-0.39, 0.29) is 11.8 Å². The monoisotopic (exact) mass is 501 g/mol. The topological polar surface area (TPSA) is 71.4 Å². The fraction of sp³-hybridized carbons (Fsp3) is 0.250. The number of fused-ring (bicyclic) bond motifs is 1. The molecule has 36 heavy (non-hydrogen) atoms. The van der Waals surface area contributed by atoms with E-state index in [0.29, 0.717) is 54.2 Å². The molecule has 3 aromatic carbocycles. The van der Waals surface area contributed by atoms with Crippen molar-refractivity contribution in [3.8, 4) is 5.75 Å². The first-order chi connectivity index (χ1) is 17.5. The van der Waals surface area contributed by atoms with Gasteiger partial charge in [0.2, 0.25) is 0 Å². The van der Waals surface area contributed by atoms with Crippen LogP contribution in [-0.4, -0.2) is 66.7 Å². The Bertz CT molecular complexity index is 1380. The standard InChI is InChI=1S/C28H27N3O4S/c1-3-35-24-12-11-19-7-4-5-10-22(19)23(24)18-25-27(33)30(2)28(36-25)29-21-9-6-8-20(17-21)26(32)31-13-15-34-16-14-31/h4-12,17-18H,3,13-16H2,1-2H3/b25-18+,29-28?. The van der Waals surface area contributed by atoms with E-state index in [1.807, 2.05) is 61.5 Å². The largest absolute Gasteiger partial charge is 0.493 e. The molecule has 2 fully saturated rings. The minimum atomic E-state index is -0.130. The summed E-state index contributed by atoms with van der Waals surface area (Å²) in [5.74, 6) is 0.568. The number of rotatable bonds is 5. The van der Waals surface area contributed by atoms with Crippen LogP contribution in [0.3, 0.4) is 0 Å². The van der Waals surface area contributed by atoms with Crippen LogP contribution in [0.15, 0.2) is 70.6 Å². The van der Waals surface area contributed by atoms with E-state index in [0.717, 1.165) is 22.1 Å². The molecule has 2 amide bonds.